The summed E-state index contributed by atoms with van der Waals surface area (Å²) in [5, 5.41) is 9.84. The van der Waals surface area contributed by atoms with Gasteiger partial charge in [0.25, 0.3) is 5.56 Å². The minimum Gasteiger partial charge on any atom is -0.321 e. The minimum absolute atomic E-state index is 0.0499. The van der Waals surface area contributed by atoms with Crippen molar-refractivity contribution < 1.29 is 0 Å². The van der Waals surface area contributed by atoms with Crippen molar-refractivity contribution >= 4 is 27.5 Å². The van der Waals surface area contributed by atoms with Gasteiger partial charge in [-0.1, -0.05) is 63.9 Å². The van der Waals surface area contributed by atoms with Crippen LogP contribution >= 0.6 is 27.5 Å². The molecule has 0 amide bonds. The molecule has 112 valence electrons. The van der Waals surface area contributed by atoms with Crippen LogP contribution in [0, 0.1) is 11.3 Å². The zero-order valence-corrected chi connectivity index (χ0v) is 14.1. The number of halogens is 2. The molecular weight excluding hydrogens is 376 g/mol. The average Bonchev–Trinajstić information content (AvgIpc) is 2.55. The number of nitrogens with zero attached hydrogens (tertiary/aromatic N) is 1. The molecule has 3 rings (SSSR count). The van der Waals surface area contributed by atoms with Gasteiger partial charge < -0.3 is 4.98 Å². The third-order valence-corrected chi connectivity index (χ3v) is 4.49. The highest BCUT2D eigenvalue weighted by Crippen LogP contribution is 2.33. The predicted octanol–water partition coefficient (Wildman–Crippen LogP) is 5.00. The molecule has 2 aromatic carbocycles. The molecule has 1 N–H and O–H groups in total. The predicted molar refractivity (Wildman–Crippen MR) is 95.4 cm³/mol. The van der Waals surface area contributed by atoms with Crippen LogP contribution in [0.3, 0.4) is 0 Å². The second-order valence-corrected chi connectivity index (χ2v) is 6.13. The molecule has 1 aromatic heterocycles. The van der Waals surface area contributed by atoms with E-state index in [1.165, 1.54) is 0 Å². The number of H-pyrrole nitrogens is 1. The summed E-state index contributed by atoms with van der Waals surface area (Å²) in [6.07, 6.45) is 0. The van der Waals surface area contributed by atoms with E-state index >= 15 is 0 Å². The number of hydrogen-bond donors (Lipinski definition) is 1. The van der Waals surface area contributed by atoms with Crippen LogP contribution in [0.5, 0.6) is 0 Å². The quantitative estimate of drug-likeness (QED) is 0.675. The van der Waals surface area contributed by atoms with Gasteiger partial charge in [0.1, 0.15) is 11.6 Å². The molecule has 23 heavy (non-hydrogen) atoms. The lowest BCUT2D eigenvalue weighted by atomic mass is 9.99. The first kappa shape index (κ1) is 15.5. The zero-order chi connectivity index (χ0) is 16.4. The number of hydrogen-bond acceptors (Lipinski definition) is 2. The Morgan fingerprint density at radius 2 is 1.65 bits per heavy atom. The number of aromatic nitrogens is 1. The maximum Gasteiger partial charge on any atom is 0.266 e. The van der Waals surface area contributed by atoms with Gasteiger partial charge in [0.15, 0.2) is 0 Å². The Bertz CT molecular complexity index is 989. The molecule has 0 fully saturated rings. The molecule has 0 radical (unpaired) electrons. The molecule has 0 aliphatic heterocycles. The Morgan fingerprint density at radius 1 is 1.00 bits per heavy atom. The summed E-state index contributed by atoms with van der Waals surface area (Å²) in [5.74, 6) is 0. The van der Waals surface area contributed by atoms with E-state index in [0.29, 0.717) is 21.8 Å². The first-order valence-corrected chi connectivity index (χ1v) is 7.96. The second-order valence-electron chi connectivity index (χ2n) is 4.87. The fraction of sp³-hybridized carbons (Fsp3) is 0. The van der Waals surface area contributed by atoms with Crippen LogP contribution in [0.2, 0.25) is 5.02 Å². The molecule has 3 nitrogen and oxygen atoms in total. The molecule has 0 saturated heterocycles. The van der Waals surface area contributed by atoms with Crippen LogP contribution in [-0.2, 0) is 0 Å². The molecule has 0 atom stereocenters. The molecule has 0 bridgehead atoms. The lowest BCUT2D eigenvalue weighted by Crippen LogP contribution is -2.12. The third kappa shape index (κ3) is 2.94. The van der Waals surface area contributed by atoms with Crippen LogP contribution in [0.4, 0.5) is 0 Å². The monoisotopic (exact) mass is 384 g/mol. The van der Waals surface area contributed by atoms with Crippen molar-refractivity contribution in [2.24, 2.45) is 0 Å². The maximum atomic E-state index is 12.3. The van der Waals surface area contributed by atoms with E-state index in [1.54, 1.807) is 24.3 Å². The highest BCUT2D eigenvalue weighted by atomic mass is 79.9. The maximum absolute atomic E-state index is 12.3. The number of benzene rings is 2. The Labute approximate surface area is 146 Å². The summed E-state index contributed by atoms with van der Waals surface area (Å²) in [7, 11) is 0. The summed E-state index contributed by atoms with van der Waals surface area (Å²) in [4.78, 5) is 15.1. The molecule has 1 heterocycles. The van der Waals surface area contributed by atoms with E-state index in [2.05, 4.69) is 20.9 Å². The van der Waals surface area contributed by atoms with Gasteiger partial charge in [-0.15, -0.1) is 0 Å². The smallest absolute Gasteiger partial charge is 0.266 e. The topological polar surface area (TPSA) is 56.6 Å². The van der Waals surface area contributed by atoms with Crippen molar-refractivity contribution in [1.82, 2.24) is 4.98 Å². The fourth-order valence-electron chi connectivity index (χ4n) is 2.39. The SMILES string of the molecule is N#Cc1c(-c2ccccc2Cl)cc(-c2ccccc2Br)[nH]c1=O. The summed E-state index contributed by atoms with van der Waals surface area (Å²) in [6, 6.07) is 18.5. The largest absolute Gasteiger partial charge is 0.321 e. The highest BCUT2D eigenvalue weighted by molar-refractivity contribution is 9.10. The fourth-order valence-corrected chi connectivity index (χ4v) is 3.12. The minimum atomic E-state index is -0.435. The van der Waals surface area contributed by atoms with Crippen LogP contribution < -0.4 is 5.56 Å². The van der Waals surface area contributed by atoms with Crippen molar-refractivity contribution in [2.75, 3.05) is 0 Å². The molecule has 0 aliphatic rings. The summed E-state index contributed by atoms with van der Waals surface area (Å²) in [6.45, 7) is 0. The number of nitriles is 1. The zero-order valence-electron chi connectivity index (χ0n) is 11.8. The van der Waals surface area contributed by atoms with E-state index in [-0.39, 0.29) is 5.56 Å². The number of rotatable bonds is 2. The van der Waals surface area contributed by atoms with Gasteiger partial charge in [0.2, 0.25) is 0 Å². The van der Waals surface area contributed by atoms with Crippen molar-refractivity contribution in [1.29, 1.82) is 5.26 Å². The van der Waals surface area contributed by atoms with Gasteiger partial charge in [0, 0.05) is 26.2 Å². The lowest BCUT2D eigenvalue weighted by Gasteiger charge is -2.10. The number of aromatic amines is 1. The third-order valence-electron chi connectivity index (χ3n) is 3.47. The van der Waals surface area contributed by atoms with Gasteiger partial charge in [-0.25, -0.2) is 0 Å². The standard InChI is InChI=1S/C18H10BrClN2O/c19-15-7-3-1-6-12(15)17-9-13(14(10-21)18(23)22-17)11-5-2-4-8-16(11)20/h1-9H,(H,22,23). The Hall–Kier alpha value is -2.35. The Kier molecular flexibility index (Phi) is 4.33. The van der Waals surface area contributed by atoms with Gasteiger partial charge in [-0.05, 0) is 18.2 Å². The molecule has 0 saturated carbocycles. The first-order valence-electron chi connectivity index (χ1n) is 6.79. The van der Waals surface area contributed by atoms with E-state index in [0.717, 1.165) is 10.0 Å². The van der Waals surface area contributed by atoms with E-state index in [1.807, 2.05) is 36.4 Å². The van der Waals surface area contributed by atoms with Gasteiger partial charge in [0.05, 0.1) is 5.69 Å². The summed E-state index contributed by atoms with van der Waals surface area (Å²) >= 11 is 9.71. The summed E-state index contributed by atoms with van der Waals surface area (Å²) < 4.78 is 0.852. The normalized spacial score (nSPS) is 10.3. The van der Waals surface area contributed by atoms with Crippen LogP contribution in [0.15, 0.2) is 63.9 Å². The van der Waals surface area contributed by atoms with Crippen LogP contribution in [-0.4, -0.2) is 4.98 Å². The van der Waals surface area contributed by atoms with Gasteiger partial charge in [-0.2, -0.15) is 5.26 Å². The highest BCUT2D eigenvalue weighted by Gasteiger charge is 2.15. The number of pyridine rings is 1. The molecule has 0 spiro atoms. The molecule has 3 aromatic rings. The van der Waals surface area contributed by atoms with E-state index in [9.17, 15) is 10.1 Å². The molecule has 5 heteroatoms. The van der Waals surface area contributed by atoms with Crippen molar-refractivity contribution in [3.05, 3.63) is 80.0 Å². The van der Waals surface area contributed by atoms with E-state index < -0.39 is 5.56 Å². The first-order chi connectivity index (χ1) is 11.1. The van der Waals surface area contributed by atoms with E-state index in [4.69, 9.17) is 11.6 Å². The van der Waals surface area contributed by atoms with Crippen molar-refractivity contribution in [3.8, 4) is 28.5 Å². The Morgan fingerprint density at radius 3 is 2.30 bits per heavy atom. The summed E-state index contributed by atoms with van der Waals surface area (Å²) in [5.41, 5.74) is 2.25. The lowest BCUT2D eigenvalue weighted by molar-refractivity contribution is 1.22. The number of nitrogens with one attached hydrogen (secondary N) is 1. The molecular formula is C18H10BrClN2O. The van der Waals surface area contributed by atoms with Gasteiger partial charge >= 0.3 is 0 Å². The van der Waals surface area contributed by atoms with Crippen molar-refractivity contribution in [3.63, 3.8) is 0 Å². The molecule has 0 aliphatic carbocycles. The second kappa shape index (κ2) is 6.41. The van der Waals surface area contributed by atoms with Crippen LogP contribution in [0.25, 0.3) is 22.4 Å². The average molecular weight is 386 g/mol. The van der Waals surface area contributed by atoms with Crippen LogP contribution in [0.1, 0.15) is 5.56 Å². The van der Waals surface area contributed by atoms with Gasteiger partial charge in [-0.3, -0.25) is 4.79 Å². The Balaban J connectivity index is 2.33. The molecule has 0 unspecified atom stereocenters. The van der Waals surface area contributed by atoms with Crippen molar-refractivity contribution in [2.45, 2.75) is 0 Å².